The molecule has 0 N–H and O–H groups in total. The topological polar surface area (TPSA) is 0 Å². The maximum absolute atomic E-state index is 2.89. The summed E-state index contributed by atoms with van der Waals surface area (Å²) in [6, 6.07) is 0. The average Bonchev–Trinajstić information content (AvgIpc) is 1.37. The first-order chi connectivity index (χ1) is 1.91. The lowest BCUT2D eigenvalue weighted by Crippen LogP contribution is -1.20. The Morgan fingerprint density at radius 3 is 1.80 bits per heavy atom. The van der Waals surface area contributed by atoms with Gasteiger partial charge in [-0.1, -0.05) is 5.92 Å². The van der Waals surface area contributed by atoms with E-state index >= 15 is 0 Å². The number of hydrogen-bond acceptors (Lipinski definition) is 0. The molecule has 0 atom stereocenters. The molecule has 0 aliphatic rings. The summed E-state index contributed by atoms with van der Waals surface area (Å²) in [7, 11) is 0. The minimum atomic E-state index is 0. The van der Waals surface area contributed by atoms with Gasteiger partial charge in [0.2, 0.25) is 0 Å². The van der Waals surface area contributed by atoms with E-state index in [1.165, 1.54) is 0 Å². The summed E-state index contributed by atoms with van der Waals surface area (Å²) < 4.78 is 0. The van der Waals surface area contributed by atoms with Gasteiger partial charge < -0.3 is 0 Å². The standard InChI is InChI=1S/C3H3Br.Mg/c1-2-3-4;/h1H3;. The summed E-state index contributed by atoms with van der Waals surface area (Å²) in [6.45, 7) is 1.77. The van der Waals surface area contributed by atoms with Crippen LogP contribution in [0.15, 0.2) is 0 Å². The molecule has 0 nitrogen and oxygen atoms in total. The molecule has 0 fully saturated rings. The van der Waals surface area contributed by atoms with E-state index in [2.05, 4.69) is 26.7 Å². The second-order valence-corrected chi connectivity index (χ2v) is 0.741. The maximum Gasteiger partial charge on any atom is 0.0106 e. The van der Waals surface area contributed by atoms with Crippen LogP contribution in [-0.4, -0.2) is 23.1 Å². The van der Waals surface area contributed by atoms with Gasteiger partial charge in [-0.2, -0.15) is 0 Å². The number of halogens is 1. The van der Waals surface area contributed by atoms with Crippen LogP contribution in [0.3, 0.4) is 0 Å². The van der Waals surface area contributed by atoms with Crippen molar-refractivity contribution < 1.29 is 0 Å². The fourth-order valence-electron chi connectivity index (χ4n) is 0. The van der Waals surface area contributed by atoms with Gasteiger partial charge in [0.05, 0.1) is 0 Å². The average molecular weight is 143 g/mol. The van der Waals surface area contributed by atoms with Crippen molar-refractivity contribution in [2.75, 3.05) is 0 Å². The van der Waals surface area contributed by atoms with Crippen molar-refractivity contribution in [2.24, 2.45) is 0 Å². The third-order valence-corrected chi connectivity index (χ3v) is 0.491. The van der Waals surface area contributed by atoms with E-state index in [1.54, 1.807) is 6.92 Å². The Morgan fingerprint density at radius 1 is 1.60 bits per heavy atom. The SMILES string of the molecule is CC#CBr.[Mg]. The van der Waals surface area contributed by atoms with Crippen LogP contribution < -0.4 is 0 Å². The summed E-state index contributed by atoms with van der Waals surface area (Å²) in [4.78, 5) is 2.49. The highest BCUT2D eigenvalue weighted by Crippen LogP contribution is 1.63. The summed E-state index contributed by atoms with van der Waals surface area (Å²) in [5.74, 6) is 2.60. The highest BCUT2D eigenvalue weighted by atomic mass is 79.9. The fraction of sp³-hybridized carbons (Fsp3) is 0.333. The summed E-state index contributed by atoms with van der Waals surface area (Å²) >= 11 is 2.89. The Labute approximate surface area is 56.6 Å². The normalized spacial score (nSPS) is 2.80. The molecular formula is C3H3BrMg. The first-order valence-electron chi connectivity index (χ1n) is 0.939. The molecule has 0 aromatic rings. The Kier molecular flexibility index (Phi) is 16.4. The molecule has 0 aromatic carbocycles. The van der Waals surface area contributed by atoms with Crippen molar-refractivity contribution in [2.45, 2.75) is 6.92 Å². The molecule has 2 radical (unpaired) electrons. The molecule has 0 spiro atoms. The van der Waals surface area contributed by atoms with Crippen LogP contribution in [0.4, 0.5) is 0 Å². The number of rotatable bonds is 0. The Morgan fingerprint density at radius 2 is 1.80 bits per heavy atom. The fourth-order valence-corrected chi connectivity index (χ4v) is 0. The lowest BCUT2D eigenvalue weighted by Gasteiger charge is -1.37. The minimum absolute atomic E-state index is 0. The molecule has 0 rings (SSSR count). The van der Waals surface area contributed by atoms with Crippen LogP contribution in [-0.2, 0) is 0 Å². The van der Waals surface area contributed by atoms with E-state index in [0.717, 1.165) is 0 Å². The van der Waals surface area contributed by atoms with Gasteiger partial charge in [0, 0.05) is 39.0 Å². The Balaban J connectivity index is 0. The molecule has 24 valence electrons. The third-order valence-electron chi connectivity index (χ3n) is 0.0945. The van der Waals surface area contributed by atoms with Gasteiger partial charge in [-0.25, -0.2) is 0 Å². The van der Waals surface area contributed by atoms with E-state index < -0.39 is 0 Å². The molecule has 5 heavy (non-hydrogen) atoms. The van der Waals surface area contributed by atoms with Crippen molar-refractivity contribution in [3.63, 3.8) is 0 Å². The van der Waals surface area contributed by atoms with Crippen molar-refractivity contribution in [1.29, 1.82) is 0 Å². The smallest absolute Gasteiger partial charge is 0.0106 e. The van der Waals surface area contributed by atoms with E-state index in [-0.39, 0.29) is 23.1 Å². The first-order valence-corrected chi connectivity index (χ1v) is 1.73. The van der Waals surface area contributed by atoms with E-state index in [0.29, 0.717) is 0 Å². The Hall–Kier alpha value is 0.806. The maximum atomic E-state index is 2.89. The van der Waals surface area contributed by atoms with Crippen LogP contribution in [0, 0.1) is 10.8 Å². The molecular weight excluding hydrogens is 140 g/mol. The molecule has 0 aromatic heterocycles. The lowest BCUT2D eigenvalue weighted by atomic mass is 10.9. The third kappa shape index (κ3) is 11.6. The zero-order valence-corrected chi connectivity index (χ0v) is 6.09. The molecule has 0 bridgehead atoms. The van der Waals surface area contributed by atoms with Crippen LogP contribution >= 0.6 is 15.9 Å². The molecule has 0 amide bonds. The molecule has 0 unspecified atom stereocenters. The highest BCUT2D eigenvalue weighted by molar-refractivity contribution is 9.12. The monoisotopic (exact) mass is 142 g/mol. The summed E-state index contributed by atoms with van der Waals surface area (Å²) in [5.41, 5.74) is 0. The predicted octanol–water partition coefficient (Wildman–Crippen LogP) is 0.981. The van der Waals surface area contributed by atoms with E-state index in [4.69, 9.17) is 0 Å². The van der Waals surface area contributed by atoms with Crippen LogP contribution in [0.1, 0.15) is 6.92 Å². The molecule has 0 saturated heterocycles. The van der Waals surface area contributed by atoms with Crippen molar-refractivity contribution in [3.8, 4) is 10.8 Å². The second kappa shape index (κ2) is 8.84. The van der Waals surface area contributed by atoms with Crippen LogP contribution in [0.25, 0.3) is 0 Å². The predicted molar refractivity (Wildman–Crippen MR) is 28.1 cm³/mol. The Bertz CT molecular complexity index is 43.6. The summed E-state index contributed by atoms with van der Waals surface area (Å²) in [6.07, 6.45) is 0. The van der Waals surface area contributed by atoms with E-state index in [1.807, 2.05) is 0 Å². The van der Waals surface area contributed by atoms with Gasteiger partial charge in [-0.05, 0) is 11.8 Å². The van der Waals surface area contributed by atoms with Gasteiger partial charge in [0.1, 0.15) is 0 Å². The molecule has 0 aliphatic heterocycles. The van der Waals surface area contributed by atoms with Gasteiger partial charge in [-0.3, -0.25) is 0 Å². The van der Waals surface area contributed by atoms with Crippen LogP contribution in [0.2, 0.25) is 0 Å². The van der Waals surface area contributed by atoms with E-state index in [9.17, 15) is 0 Å². The van der Waals surface area contributed by atoms with Crippen molar-refractivity contribution >= 4 is 39.0 Å². The molecule has 2 heteroatoms. The first kappa shape index (κ1) is 9.26. The van der Waals surface area contributed by atoms with Gasteiger partial charge in [0.15, 0.2) is 0 Å². The highest BCUT2D eigenvalue weighted by Gasteiger charge is 1.30. The second-order valence-electron chi connectivity index (χ2n) is 0.344. The zero-order chi connectivity index (χ0) is 3.41. The van der Waals surface area contributed by atoms with Gasteiger partial charge in [-0.15, -0.1) is 0 Å². The molecule has 0 heterocycles. The number of hydrogen-bond donors (Lipinski definition) is 0. The van der Waals surface area contributed by atoms with Crippen molar-refractivity contribution in [1.82, 2.24) is 0 Å². The lowest BCUT2D eigenvalue weighted by molar-refractivity contribution is 1.94. The van der Waals surface area contributed by atoms with Crippen molar-refractivity contribution in [3.05, 3.63) is 0 Å². The van der Waals surface area contributed by atoms with Gasteiger partial charge >= 0.3 is 0 Å². The molecule has 0 aliphatic carbocycles. The van der Waals surface area contributed by atoms with Gasteiger partial charge in [0.25, 0.3) is 0 Å². The quantitative estimate of drug-likeness (QED) is 0.350. The van der Waals surface area contributed by atoms with Crippen LogP contribution in [0.5, 0.6) is 0 Å². The largest absolute Gasteiger partial charge is 0.0942 e. The zero-order valence-electron chi connectivity index (χ0n) is 3.09. The minimum Gasteiger partial charge on any atom is -0.0942 e. The molecule has 0 saturated carbocycles. The summed E-state index contributed by atoms with van der Waals surface area (Å²) in [5, 5.41) is 0.